The summed E-state index contributed by atoms with van der Waals surface area (Å²) < 4.78 is 0. The Balaban J connectivity index is 4.62. The standard InChI is InChI=1S/C14H30N6O5/c1-2-8-25-20-10(4-3-7-18-14(16)17)13(24)19-9(12(15)23)5-6-11(21)22/h9-10,14,18,20H,2-8,16-17H2,1H3,(H2,15,23)(H,19,24)(H,21,22)/t9-,10-/m0/s1. The van der Waals surface area contributed by atoms with Gasteiger partial charge in [0.25, 0.3) is 0 Å². The molecule has 0 aromatic rings. The maximum Gasteiger partial charge on any atom is 0.303 e. The quantitative estimate of drug-likeness (QED) is 0.0951. The molecule has 0 aromatic carbocycles. The lowest BCUT2D eigenvalue weighted by Crippen LogP contribution is -2.52. The smallest absolute Gasteiger partial charge is 0.303 e. The zero-order chi connectivity index (χ0) is 19.2. The van der Waals surface area contributed by atoms with E-state index in [-0.39, 0.29) is 12.8 Å². The zero-order valence-electron chi connectivity index (χ0n) is 14.5. The van der Waals surface area contributed by atoms with Gasteiger partial charge >= 0.3 is 5.97 Å². The Bertz CT molecular complexity index is 421. The van der Waals surface area contributed by atoms with Crippen LogP contribution in [0.3, 0.4) is 0 Å². The predicted octanol–water partition coefficient (Wildman–Crippen LogP) is -2.31. The van der Waals surface area contributed by atoms with Crippen LogP contribution in [0.25, 0.3) is 0 Å². The molecule has 2 amide bonds. The highest BCUT2D eigenvalue weighted by Gasteiger charge is 2.24. The van der Waals surface area contributed by atoms with Gasteiger partial charge in [-0.15, -0.1) is 0 Å². The molecule has 146 valence electrons. The van der Waals surface area contributed by atoms with Gasteiger partial charge in [-0.05, 0) is 32.2 Å². The Hall–Kier alpha value is -1.79. The van der Waals surface area contributed by atoms with Crippen LogP contribution in [-0.2, 0) is 19.2 Å². The molecule has 25 heavy (non-hydrogen) atoms. The van der Waals surface area contributed by atoms with Gasteiger partial charge in [0.2, 0.25) is 11.8 Å². The number of amides is 2. The SMILES string of the molecule is CCCON[C@@H](CCCNC(N)N)C(=O)N[C@@H](CCC(=O)O)C(N)=O. The molecule has 10 N–H and O–H groups in total. The van der Waals surface area contributed by atoms with E-state index in [9.17, 15) is 14.4 Å². The summed E-state index contributed by atoms with van der Waals surface area (Å²) in [5.74, 6) is -2.37. The number of primary amides is 1. The molecule has 0 saturated heterocycles. The van der Waals surface area contributed by atoms with Gasteiger partial charge in [-0.1, -0.05) is 6.92 Å². The number of nitrogens with two attached hydrogens (primary N) is 3. The minimum Gasteiger partial charge on any atom is -0.481 e. The van der Waals surface area contributed by atoms with E-state index in [1.54, 1.807) is 0 Å². The molecule has 0 bridgehead atoms. The number of carboxylic acid groups (broad SMARTS) is 1. The number of nitrogens with one attached hydrogen (secondary N) is 3. The van der Waals surface area contributed by atoms with Gasteiger partial charge in [-0.25, -0.2) is 0 Å². The van der Waals surface area contributed by atoms with E-state index in [0.29, 0.717) is 26.0 Å². The third kappa shape index (κ3) is 12.3. The Morgan fingerprint density at radius 1 is 1.16 bits per heavy atom. The van der Waals surface area contributed by atoms with Gasteiger partial charge in [-0.2, -0.15) is 5.48 Å². The first-order chi connectivity index (χ1) is 11.8. The molecule has 0 aliphatic rings. The topological polar surface area (TPSA) is 195 Å². The van der Waals surface area contributed by atoms with Crippen LogP contribution in [0.5, 0.6) is 0 Å². The monoisotopic (exact) mass is 362 g/mol. The van der Waals surface area contributed by atoms with Crippen LogP contribution < -0.4 is 33.3 Å². The first kappa shape index (κ1) is 23.2. The molecule has 11 heteroatoms. The van der Waals surface area contributed by atoms with E-state index < -0.39 is 36.2 Å². The molecule has 0 spiro atoms. The number of hydroxylamine groups is 1. The molecule has 0 unspecified atom stereocenters. The molecule has 0 heterocycles. The van der Waals surface area contributed by atoms with Crippen molar-refractivity contribution in [1.82, 2.24) is 16.1 Å². The summed E-state index contributed by atoms with van der Waals surface area (Å²) >= 11 is 0. The van der Waals surface area contributed by atoms with Crippen molar-refractivity contribution in [2.24, 2.45) is 17.2 Å². The van der Waals surface area contributed by atoms with Crippen LogP contribution in [-0.4, -0.2) is 54.4 Å². The van der Waals surface area contributed by atoms with Crippen molar-refractivity contribution in [2.75, 3.05) is 13.2 Å². The van der Waals surface area contributed by atoms with Gasteiger partial charge in [0.1, 0.15) is 18.4 Å². The predicted molar refractivity (Wildman–Crippen MR) is 90.6 cm³/mol. The van der Waals surface area contributed by atoms with Gasteiger partial charge in [0, 0.05) is 6.42 Å². The minimum absolute atomic E-state index is 0.0808. The van der Waals surface area contributed by atoms with Crippen molar-refractivity contribution < 1.29 is 24.3 Å². The maximum atomic E-state index is 12.3. The number of carbonyl (C=O) groups excluding carboxylic acids is 2. The first-order valence-electron chi connectivity index (χ1n) is 8.21. The van der Waals surface area contributed by atoms with Crippen LogP contribution in [0.4, 0.5) is 0 Å². The molecule has 11 nitrogen and oxygen atoms in total. The molecular formula is C14H30N6O5. The highest BCUT2D eigenvalue weighted by Crippen LogP contribution is 2.02. The number of hydrogen-bond donors (Lipinski definition) is 7. The summed E-state index contributed by atoms with van der Waals surface area (Å²) in [6, 6.07) is -1.79. The fourth-order valence-electron chi connectivity index (χ4n) is 1.91. The lowest BCUT2D eigenvalue weighted by Gasteiger charge is -2.21. The molecule has 0 aromatic heterocycles. The summed E-state index contributed by atoms with van der Waals surface area (Å²) in [7, 11) is 0. The van der Waals surface area contributed by atoms with Crippen molar-refractivity contribution in [2.45, 2.75) is 57.4 Å². The van der Waals surface area contributed by atoms with E-state index in [2.05, 4.69) is 16.1 Å². The Labute approximate surface area is 146 Å². The van der Waals surface area contributed by atoms with Gasteiger partial charge in [0.15, 0.2) is 0 Å². The lowest BCUT2D eigenvalue weighted by atomic mass is 10.1. The third-order valence-corrected chi connectivity index (χ3v) is 3.20. The number of carbonyl (C=O) groups is 3. The van der Waals surface area contributed by atoms with Crippen molar-refractivity contribution >= 4 is 17.8 Å². The maximum absolute atomic E-state index is 12.3. The summed E-state index contributed by atoms with van der Waals surface area (Å²) in [5, 5.41) is 14.0. The normalized spacial score (nSPS) is 13.4. The molecule has 0 aliphatic carbocycles. The zero-order valence-corrected chi connectivity index (χ0v) is 14.5. The second-order valence-electron chi connectivity index (χ2n) is 5.54. The lowest BCUT2D eigenvalue weighted by molar-refractivity contribution is -0.138. The number of carboxylic acids is 1. The molecule has 2 atom stereocenters. The summed E-state index contributed by atoms with van der Waals surface area (Å²) in [6.07, 6.45) is 0.709. The molecule has 0 fully saturated rings. The fraction of sp³-hybridized carbons (Fsp3) is 0.786. The fourth-order valence-corrected chi connectivity index (χ4v) is 1.91. The van der Waals surface area contributed by atoms with Crippen molar-refractivity contribution in [3.63, 3.8) is 0 Å². The van der Waals surface area contributed by atoms with Crippen molar-refractivity contribution in [1.29, 1.82) is 0 Å². The summed E-state index contributed by atoms with van der Waals surface area (Å²) in [4.78, 5) is 39.6. The average molecular weight is 362 g/mol. The molecule has 0 saturated carbocycles. The first-order valence-corrected chi connectivity index (χ1v) is 8.21. The molecule has 0 aliphatic heterocycles. The van der Waals surface area contributed by atoms with Gasteiger partial charge < -0.3 is 32.5 Å². The van der Waals surface area contributed by atoms with Crippen molar-refractivity contribution in [3.8, 4) is 0 Å². The van der Waals surface area contributed by atoms with E-state index in [0.717, 1.165) is 6.42 Å². The largest absolute Gasteiger partial charge is 0.481 e. The van der Waals surface area contributed by atoms with Crippen LogP contribution in [0.15, 0.2) is 0 Å². The number of hydrogen-bond acceptors (Lipinski definition) is 8. The molecule has 0 radical (unpaired) electrons. The average Bonchev–Trinajstić information content (AvgIpc) is 2.52. The summed E-state index contributed by atoms with van der Waals surface area (Å²) in [5.41, 5.74) is 18.6. The van der Waals surface area contributed by atoms with E-state index in [1.165, 1.54) is 0 Å². The Kier molecular flexibility index (Phi) is 12.5. The second kappa shape index (κ2) is 13.5. The van der Waals surface area contributed by atoms with E-state index >= 15 is 0 Å². The second-order valence-corrected chi connectivity index (χ2v) is 5.54. The van der Waals surface area contributed by atoms with Crippen LogP contribution in [0.2, 0.25) is 0 Å². The van der Waals surface area contributed by atoms with Gasteiger partial charge in [0.05, 0.1) is 6.61 Å². The summed E-state index contributed by atoms with van der Waals surface area (Å²) in [6.45, 7) is 2.82. The van der Waals surface area contributed by atoms with Crippen LogP contribution >= 0.6 is 0 Å². The minimum atomic E-state index is -1.08. The Morgan fingerprint density at radius 2 is 1.84 bits per heavy atom. The van der Waals surface area contributed by atoms with Crippen molar-refractivity contribution in [3.05, 3.63) is 0 Å². The Morgan fingerprint density at radius 3 is 2.36 bits per heavy atom. The number of rotatable bonds is 15. The highest BCUT2D eigenvalue weighted by atomic mass is 16.6. The molecule has 0 rings (SSSR count). The van der Waals surface area contributed by atoms with Gasteiger partial charge in [-0.3, -0.25) is 19.7 Å². The van der Waals surface area contributed by atoms with E-state index in [1.807, 2.05) is 6.92 Å². The van der Waals surface area contributed by atoms with Crippen LogP contribution in [0, 0.1) is 0 Å². The van der Waals surface area contributed by atoms with E-state index in [4.69, 9.17) is 27.1 Å². The third-order valence-electron chi connectivity index (χ3n) is 3.20. The number of aliphatic carboxylic acids is 1. The molecular weight excluding hydrogens is 332 g/mol. The highest BCUT2D eigenvalue weighted by molar-refractivity contribution is 5.89. The van der Waals surface area contributed by atoms with Crippen LogP contribution in [0.1, 0.15) is 39.0 Å².